The van der Waals surface area contributed by atoms with E-state index in [1.807, 2.05) is 52.8 Å². The van der Waals surface area contributed by atoms with Gasteiger partial charge in [-0.25, -0.2) is 0 Å². The number of rotatable bonds is 12. The summed E-state index contributed by atoms with van der Waals surface area (Å²) in [6.07, 6.45) is 14.9. The van der Waals surface area contributed by atoms with Crippen molar-refractivity contribution in [3.05, 3.63) is 53.6 Å². The van der Waals surface area contributed by atoms with Crippen molar-refractivity contribution in [3.8, 4) is 17.2 Å². The molecule has 7 nitrogen and oxygen atoms in total. The first-order chi connectivity index (χ1) is 28.0. The van der Waals surface area contributed by atoms with Crippen molar-refractivity contribution in [2.75, 3.05) is 0 Å². The van der Waals surface area contributed by atoms with Gasteiger partial charge < -0.3 is 24.8 Å². The largest absolute Gasteiger partial charge is 0.508 e. The van der Waals surface area contributed by atoms with Crippen LogP contribution in [0.1, 0.15) is 203 Å². The number of phenols is 3. The number of phenolic OH excluding ortho intramolecular Hbond substituents is 3. The van der Waals surface area contributed by atoms with Gasteiger partial charge in [-0.3, -0.25) is 9.59 Å². The molecule has 7 rings (SSSR count). The SMILES string of the molecule is CCC(C)(C)C(=O)OC1(C(C)C)C2CC3CC(C2)CC1C3.CCC(C)(C)C(=O)OC1(C(C)C)CCCC1.CCC(C)c1ccc(O)c(O)c1.CCC(C)c1ccc(O)cc1. The van der Waals surface area contributed by atoms with Crippen LogP contribution in [0.3, 0.4) is 0 Å². The van der Waals surface area contributed by atoms with Gasteiger partial charge in [0.15, 0.2) is 11.5 Å². The molecule has 0 amide bonds. The Balaban J connectivity index is 0.000000221. The van der Waals surface area contributed by atoms with Crippen LogP contribution in [0.5, 0.6) is 17.2 Å². The highest BCUT2D eigenvalue weighted by Gasteiger charge is 2.61. The summed E-state index contributed by atoms with van der Waals surface area (Å²) >= 11 is 0. The van der Waals surface area contributed by atoms with Gasteiger partial charge in [0.25, 0.3) is 0 Å². The minimum Gasteiger partial charge on any atom is -0.508 e. The second kappa shape index (κ2) is 21.7. The molecule has 0 spiro atoms. The molecule has 2 aromatic carbocycles. The van der Waals surface area contributed by atoms with Gasteiger partial charge in [-0.15, -0.1) is 0 Å². The number of ether oxygens (including phenoxy) is 2. The van der Waals surface area contributed by atoms with Gasteiger partial charge in [0.1, 0.15) is 17.0 Å². The molecule has 2 atom stereocenters. The molecular weight excluding hydrogens is 749 g/mol. The minimum absolute atomic E-state index is 0.0226. The zero-order valence-corrected chi connectivity index (χ0v) is 40.3. The van der Waals surface area contributed by atoms with Gasteiger partial charge in [-0.2, -0.15) is 0 Å². The van der Waals surface area contributed by atoms with Gasteiger partial charge in [0, 0.05) is 0 Å². The lowest BCUT2D eigenvalue weighted by Gasteiger charge is -2.62. The Morgan fingerprint density at radius 2 is 1.05 bits per heavy atom. The Hall–Kier alpha value is -3.22. The fourth-order valence-corrected chi connectivity index (χ4v) is 9.95. The number of hydrogen-bond donors (Lipinski definition) is 3. The number of esters is 2. The van der Waals surface area contributed by atoms with Gasteiger partial charge in [-0.05, 0) is 194 Å². The highest BCUT2D eigenvalue weighted by Crippen LogP contribution is 2.62. The van der Waals surface area contributed by atoms with Crippen LogP contribution in [-0.2, 0) is 19.1 Å². The monoisotopic (exact) mass is 835 g/mol. The van der Waals surface area contributed by atoms with Crippen molar-refractivity contribution in [2.45, 2.75) is 203 Å². The lowest BCUT2D eigenvalue weighted by Crippen LogP contribution is -2.63. The number of aromatic hydroxyl groups is 3. The van der Waals surface area contributed by atoms with Crippen LogP contribution < -0.4 is 0 Å². The predicted octanol–water partition coefficient (Wildman–Crippen LogP) is 14.3. The zero-order valence-electron chi connectivity index (χ0n) is 40.3. The molecule has 5 aliphatic carbocycles. The third-order valence-electron chi connectivity index (χ3n) is 15.5. The molecule has 5 fully saturated rings. The van der Waals surface area contributed by atoms with E-state index in [1.54, 1.807) is 18.2 Å². The smallest absolute Gasteiger partial charge is 0.312 e. The normalized spacial score (nSPS) is 24.9. The summed E-state index contributed by atoms with van der Waals surface area (Å²) in [4.78, 5) is 24.9. The average molecular weight is 835 g/mol. The molecule has 0 radical (unpaired) electrons. The molecule has 0 aliphatic heterocycles. The number of carbonyl (C=O) groups is 2. The van der Waals surface area contributed by atoms with E-state index in [2.05, 4.69) is 62.3 Å². The first-order valence-electron chi connectivity index (χ1n) is 23.8. The van der Waals surface area contributed by atoms with Crippen LogP contribution in [0.25, 0.3) is 0 Å². The quantitative estimate of drug-likeness (QED) is 0.144. The summed E-state index contributed by atoms with van der Waals surface area (Å²) in [5.74, 6) is 5.21. The van der Waals surface area contributed by atoms with E-state index in [1.165, 1.54) is 56.6 Å². The standard InChI is InChI=1S/C19H32O2.C14H26O2.C10H14O2.C10H14O/c1-6-18(4,5)17(20)21-19(12(2)3)15-8-13-7-14(10-15)11-16(19)9-13;1-6-13(4,5)12(15)16-14(11(2)3)9-7-8-10-14;1-3-7(2)8-4-5-9(11)10(12)6-8;1-3-8(2)9-4-6-10(11)7-5-9/h12-16H,6-11H2,1-5H3;11H,6-10H2,1-5H3;4-7,11-12H,3H2,1-2H3;4-8,11H,3H2,1-2H3. The summed E-state index contributed by atoms with van der Waals surface area (Å²) < 4.78 is 12.3. The molecule has 60 heavy (non-hydrogen) atoms. The topological polar surface area (TPSA) is 113 Å². The summed E-state index contributed by atoms with van der Waals surface area (Å²) in [7, 11) is 0. The fourth-order valence-electron chi connectivity index (χ4n) is 9.95. The third kappa shape index (κ3) is 12.5. The molecule has 340 valence electrons. The van der Waals surface area contributed by atoms with Gasteiger partial charge in [0.2, 0.25) is 0 Å². The highest BCUT2D eigenvalue weighted by atomic mass is 16.6. The Bertz CT molecular complexity index is 1600. The van der Waals surface area contributed by atoms with E-state index < -0.39 is 0 Å². The number of benzene rings is 2. The fraction of sp³-hybridized carbons (Fsp3) is 0.736. The van der Waals surface area contributed by atoms with Crippen molar-refractivity contribution in [2.24, 2.45) is 46.3 Å². The third-order valence-corrected chi connectivity index (χ3v) is 15.5. The lowest BCUT2D eigenvalue weighted by atomic mass is 9.47. The second-order valence-electron chi connectivity index (χ2n) is 21.0. The molecule has 0 heterocycles. The van der Waals surface area contributed by atoms with Crippen molar-refractivity contribution in [1.29, 1.82) is 0 Å². The Morgan fingerprint density at radius 3 is 1.45 bits per heavy atom. The Morgan fingerprint density at radius 1 is 0.617 bits per heavy atom. The molecule has 2 aromatic rings. The number of carbonyl (C=O) groups excluding carboxylic acids is 2. The maximum Gasteiger partial charge on any atom is 0.312 e. The molecule has 0 aromatic heterocycles. The van der Waals surface area contributed by atoms with Crippen LogP contribution in [-0.4, -0.2) is 38.5 Å². The molecule has 2 unspecified atom stereocenters. The lowest BCUT2D eigenvalue weighted by molar-refractivity contribution is -0.231. The molecule has 0 saturated heterocycles. The van der Waals surface area contributed by atoms with E-state index in [0.717, 1.165) is 55.9 Å². The van der Waals surface area contributed by atoms with Gasteiger partial charge in [-0.1, -0.05) is 87.4 Å². The first kappa shape index (κ1) is 51.1. The molecule has 5 aliphatic rings. The van der Waals surface area contributed by atoms with E-state index in [9.17, 15) is 14.7 Å². The maximum absolute atomic E-state index is 12.8. The summed E-state index contributed by atoms with van der Waals surface area (Å²) in [6, 6.07) is 12.4. The van der Waals surface area contributed by atoms with E-state index in [-0.39, 0.29) is 45.5 Å². The molecule has 4 bridgehead atoms. The average Bonchev–Trinajstić information content (AvgIpc) is 3.70. The van der Waals surface area contributed by atoms with Crippen LogP contribution in [0.4, 0.5) is 0 Å². The van der Waals surface area contributed by atoms with Crippen LogP contribution in [0.2, 0.25) is 0 Å². The molecular formula is C53H86O7. The summed E-state index contributed by atoms with van der Waals surface area (Å²) in [5, 5.41) is 27.3. The van der Waals surface area contributed by atoms with Crippen LogP contribution in [0, 0.1) is 46.3 Å². The minimum atomic E-state index is -0.351. The summed E-state index contributed by atoms with van der Waals surface area (Å²) in [6.45, 7) is 29.5. The Labute approximate surface area is 365 Å². The van der Waals surface area contributed by atoms with Crippen molar-refractivity contribution < 1.29 is 34.4 Å². The Kier molecular flexibility index (Phi) is 18.5. The number of hydrogen-bond acceptors (Lipinski definition) is 7. The van der Waals surface area contributed by atoms with E-state index in [4.69, 9.17) is 19.7 Å². The summed E-state index contributed by atoms with van der Waals surface area (Å²) in [5.41, 5.74) is 1.32. The van der Waals surface area contributed by atoms with Crippen LogP contribution in [0.15, 0.2) is 42.5 Å². The second-order valence-corrected chi connectivity index (χ2v) is 21.0. The van der Waals surface area contributed by atoms with Crippen molar-refractivity contribution in [3.63, 3.8) is 0 Å². The first-order valence-corrected chi connectivity index (χ1v) is 23.8. The predicted molar refractivity (Wildman–Crippen MR) is 246 cm³/mol. The van der Waals surface area contributed by atoms with Crippen LogP contribution >= 0.6 is 0 Å². The van der Waals surface area contributed by atoms with Crippen molar-refractivity contribution in [1.82, 2.24) is 0 Å². The van der Waals surface area contributed by atoms with Gasteiger partial charge >= 0.3 is 11.9 Å². The van der Waals surface area contributed by atoms with Crippen molar-refractivity contribution >= 4 is 11.9 Å². The molecule has 5 saturated carbocycles. The molecule has 7 heteroatoms. The maximum atomic E-state index is 12.8. The molecule has 3 N–H and O–H groups in total. The van der Waals surface area contributed by atoms with E-state index >= 15 is 0 Å². The zero-order chi connectivity index (χ0) is 45.2. The highest BCUT2D eigenvalue weighted by molar-refractivity contribution is 5.77. The van der Waals surface area contributed by atoms with E-state index in [0.29, 0.717) is 41.3 Å². The van der Waals surface area contributed by atoms with Gasteiger partial charge in [0.05, 0.1) is 10.8 Å².